The van der Waals surface area contributed by atoms with Crippen molar-refractivity contribution in [3.05, 3.63) is 23.9 Å². The zero-order valence-electron chi connectivity index (χ0n) is 10.8. The fraction of sp³-hybridized carbons (Fsp3) is 0.583. The monoisotopic (exact) mass is 261 g/mol. The Morgan fingerprint density at radius 1 is 1.44 bits per heavy atom. The summed E-state index contributed by atoms with van der Waals surface area (Å²) >= 11 is 0. The third-order valence-electron chi connectivity index (χ3n) is 2.57. The molecule has 1 aromatic rings. The Morgan fingerprint density at radius 2 is 2.11 bits per heavy atom. The molecule has 0 amide bonds. The summed E-state index contributed by atoms with van der Waals surface area (Å²) in [5.74, 6) is 0.364. The number of nitrogens with one attached hydrogen (secondary N) is 1. The summed E-state index contributed by atoms with van der Waals surface area (Å²) in [5, 5.41) is 3.17. The molecule has 1 N–H and O–H groups in total. The normalized spacial score (nSPS) is 13.4. The van der Waals surface area contributed by atoms with Gasteiger partial charge in [0.15, 0.2) is 0 Å². The first kappa shape index (κ1) is 14.8. The molecule has 1 aromatic heterocycles. The number of halogens is 3. The number of hydrogen-bond donors (Lipinski definition) is 1. The average molecular weight is 261 g/mol. The highest BCUT2D eigenvalue weighted by atomic mass is 19.4. The maximum atomic E-state index is 12.4. The highest BCUT2D eigenvalue weighted by Gasteiger charge is 2.30. The van der Waals surface area contributed by atoms with Gasteiger partial charge in [-0.1, -0.05) is 13.0 Å². The van der Waals surface area contributed by atoms with E-state index in [1.54, 1.807) is 12.1 Å². The zero-order chi connectivity index (χ0) is 13.8. The van der Waals surface area contributed by atoms with E-state index in [0.29, 0.717) is 5.82 Å². The van der Waals surface area contributed by atoms with Crippen molar-refractivity contribution in [3.63, 3.8) is 0 Å². The van der Waals surface area contributed by atoms with E-state index in [2.05, 4.69) is 10.3 Å². The van der Waals surface area contributed by atoms with Crippen LogP contribution in [0.25, 0.3) is 0 Å². The van der Waals surface area contributed by atoms with Crippen LogP contribution in [-0.2, 0) is 0 Å². The number of alkyl halides is 3. The Hall–Kier alpha value is -1.30. The standard InChI is InChI=1S/C12H18F3N3/c1-4-16-9(2)10-6-5-7-17-11(10)18(3)8-12(13,14)15/h5-7,9,16H,4,8H2,1-3H3. The van der Waals surface area contributed by atoms with Crippen molar-refractivity contribution in [2.45, 2.75) is 26.1 Å². The summed E-state index contributed by atoms with van der Waals surface area (Å²) in [6.07, 6.45) is -2.73. The summed E-state index contributed by atoms with van der Waals surface area (Å²) in [5.41, 5.74) is 0.770. The second kappa shape index (κ2) is 6.04. The molecule has 1 unspecified atom stereocenters. The Morgan fingerprint density at radius 3 is 2.67 bits per heavy atom. The van der Waals surface area contributed by atoms with Crippen molar-refractivity contribution in [3.8, 4) is 0 Å². The summed E-state index contributed by atoms with van der Waals surface area (Å²) in [7, 11) is 1.40. The van der Waals surface area contributed by atoms with Crippen molar-refractivity contribution < 1.29 is 13.2 Å². The van der Waals surface area contributed by atoms with Gasteiger partial charge in [0, 0.05) is 24.8 Å². The van der Waals surface area contributed by atoms with Crippen LogP contribution in [0.1, 0.15) is 25.5 Å². The molecule has 0 radical (unpaired) electrons. The summed E-state index contributed by atoms with van der Waals surface area (Å²) in [6, 6.07) is 3.49. The molecule has 0 aromatic carbocycles. The van der Waals surface area contributed by atoms with E-state index in [4.69, 9.17) is 0 Å². The average Bonchev–Trinajstić information content (AvgIpc) is 2.27. The van der Waals surface area contributed by atoms with E-state index in [1.807, 2.05) is 13.8 Å². The smallest absolute Gasteiger partial charge is 0.350 e. The molecule has 0 fully saturated rings. The second-order valence-electron chi connectivity index (χ2n) is 4.17. The number of aromatic nitrogens is 1. The van der Waals surface area contributed by atoms with E-state index in [0.717, 1.165) is 17.0 Å². The molecule has 1 rings (SSSR count). The van der Waals surface area contributed by atoms with Gasteiger partial charge in [-0.05, 0) is 19.5 Å². The van der Waals surface area contributed by atoms with Gasteiger partial charge < -0.3 is 10.2 Å². The van der Waals surface area contributed by atoms with Crippen LogP contribution >= 0.6 is 0 Å². The molecule has 0 aliphatic carbocycles. The number of pyridine rings is 1. The van der Waals surface area contributed by atoms with Crippen molar-refractivity contribution in [1.29, 1.82) is 0 Å². The first-order valence-corrected chi connectivity index (χ1v) is 5.81. The number of rotatable bonds is 5. The predicted molar refractivity (Wildman–Crippen MR) is 65.7 cm³/mol. The number of anilines is 1. The highest BCUT2D eigenvalue weighted by Crippen LogP contribution is 2.25. The maximum Gasteiger partial charge on any atom is 0.405 e. The van der Waals surface area contributed by atoms with Gasteiger partial charge in [0.05, 0.1) is 0 Å². The van der Waals surface area contributed by atoms with E-state index in [1.165, 1.54) is 13.2 Å². The molecule has 0 spiro atoms. The van der Waals surface area contributed by atoms with Crippen LogP contribution in [0.2, 0.25) is 0 Å². The molecule has 6 heteroatoms. The van der Waals surface area contributed by atoms with Crippen LogP contribution in [0.3, 0.4) is 0 Å². The molecule has 0 saturated carbocycles. The van der Waals surface area contributed by atoms with Gasteiger partial charge in [0.25, 0.3) is 0 Å². The fourth-order valence-electron chi connectivity index (χ4n) is 1.83. The minimum atomic E-state index is -4.23. The molecule has 0 aliphatic rings. The molecular weight excluding hydrogens is 243 g/mol. The summed E-state index contributed by atoms with van der Waals surface area (Å²) in [4.78, 5) is 5.18. The summed E-state index contributed by atoms with van der Waals surface area (Å²) < 4.78 is 37.2. The Bertz CT molecular complexity index is 379. The van der Waals surface area contributed by atoms with Crippen LogP contribution in [0.4, 0.5) is 19.0 Å². The largest absolute Gasteiger partial charge is 0.405 e. The van der Waals surface area contributed by atoms with Gasteiger partial charge in [-0.15, -0.1) is 0 Å². The molecule has 3 nitrogen and oxygen atoms in total. The third kappa shape index (κ3) is 4.18. The fourth-order valence-corrected chi connectivity index (χ4v) is 1.83. The van der Waals surface area contributed by atoms with Gasteiger partial charge in [-0.2, -0.15) is 13.2 Å². The SMILES string of the molecule is CCNC(C)c1cccnc1N(C)CC(F)(F)F. The topological polar surface area (TPSA) is 28.2 Å². The van der Waals surface area contributed by atoms with Crippen molar-refractivity contribution in [2.24, 2.45) is 0 Å². The lowest BCUT2D eigenvalue weighted by molar-refractivity contribution is -0.119. The third-order valence-corrected chi connectivity index (χ3v) is 2.57. The van der Waals surface area contributed by atoms with Gasteiger partial charge in [-0.25, -0.2) is 4.98 Å². The van der Waals surface area contributed by atoms with Crippen LogP contribution in [-0.4, -0.2) is 31.3 Å². The van der Waals surface area contributed by atoms with Crippen LogP contribution in [0.15, 0.2) is 18.3 Å². The zero-order valence-corrected chi connectivity index (χ0v) is 10.8. The lowest BCUT2D eigenvalue weighted by atomic mass is 10.1. The first-order valence-electron chi connectivity index (χ1n) is 5.81. The number of hydrogen-bond acceptors (Lipinski definition) is 3. The van der Waals surface area contributed by atoms with Gasteiger partial charge in [0.1, 0.15) is 12.4 Å². The molecule has 1 heterocycles. The van der Waals surface area contributed by atoms with E-state index >= 15 is 0 Å². The lowest BCUT2D eigenvalue weighted by Crippen LogP contribution is -2.33. The van der Waals surface area contributed by atoms with Crippen molar-refractivity contribution in [2.75, 3.05) is 25.0 Å². The van der Waals surface area contributed by atoms with E-state index < -0.39 is 12.7 Å². The quantitative estimate of drug-likeness (QED) is 0.883. The van der Waals surface area contributed by atoms with Crippen LogP contribution in [0, 0.1) is 0 Å². The van der Waals surface area contributed by atoms with Gasteiger partial charge in [0.2, 0.25) is 0 Å². The molecule has 102 valence electrons. The number of nitrogens with zero attached hydrogens (tertiary/aromatic N) is 2. The Labute approximate surface area is 105 Å². The summed E-state index contributed by atoms with van der Waals surface area (Å²) in [6.45, 7) is 3.60. The highest BCUT2D eigenvalue weighted by molar-refractivity contribution is 5.47. The predicted octanol–water partition coefficient (Wildman–Crippen LogP) is 2.75. The molecule has 0 bridgehead atoms. The molecule has 0 aliphatic heterocycles. The van der Waals surface area contributed by atoms with Crippen molar-refractivity contribution in [1.82, 2.24) is 10.3 Å². The van der Waals surface area contributed by atoms with Crippen molar-refractivity contribution >= 4 is 5.82 Å². The molecular formula is C12H18F3N3. The Balaban J connectivity index is 2.94. The van der Waals surface area contributed by atoms with Gasteiger partial charge in [-0.3, -0.25) is 0 Å². The van der Waals surface area contributed by atoms with Gasteiger partial charge >= 0.3 is 6.18 Å². The van der Waals surface area contributed by atoms with Crippen LogP contribution < -0.4 is 10.2 Å². The second-order valence-corrected chi connectivity index (χ2v) is 4.17. The molecule has 1 atom stereocenters. The first-order chi connectivity index (χ1) is 8.35. The Kier molecular flexibility index (Phi) is 4.95. The minimum absolute atomic E-state index is 0.0330. The van der Waals surface area contributed by atoms with E-state index in [-0.39, 0.29) is 6.04 Å². The van der Waals surface area contributed by atoms with Crippen LogP contribution in [0.5, 0.6) is 0 Å². The molecule has 0 saturated heterocycles. The molecule has 18 heavy (non-hydrogen) atoms. The lowest BCUT2D eigenvalue weighted by Gasteiger charge is -2.24. The van der Waals surface area contributed by atoms with E-state index in [9.17, 15) is 13.2 Å². The maximum absolute atomic E-state index is 12.4. The minimum Gasteiger partial charge on any atom is -0.350 e.